The Kier molecular flexibility index (Phi) is 5.52. The monoisotopic (exact) mass is 252 g/mol. The number of carbonyl (C=O) groups is 1. The molecule has 1 rings (SSSR count). The summed E-state index contributed by atoms with van der Waals surface area (Å²) in [5.41, 5.74) is 0.648. The molecule has 1 aromatic rings. The van der Waals surface area contributed by atoms with Crippen molar-refractivity contribution in [3.8, 4) is 0 Å². The van der Waals surface area contributed by atoms with Crippen LogP contribution < -0.4 is 0 Å². The van der Waals surface area contributed by atoms with Gasteiger partial charge in [0.1, 0.15) is 11.9 Å². The van der Waals surface area contributed by atoms with E-state index in [0.29, 0.717) is 12.0 Å². The molecule has 18 heavy (non-hydrogen) atoms. The minimum atomic E-state index is -1.09. The van der Waals surface area contributed by atoms with Crippen LogP contribution in [-0.4, -0.2) is 17.7 Å². The lowest BCUT2D eigenvalue weighted by Crippen LogP contribution is -2.14. The predicted molar refractivity (Wildman–Crippen MR) is 66.4 cm³/mol. The van der Waals surface area contributed by atoms with E-state index >= 15 is 0 Å². The normalized spacial score (nSPS) is 13.2. The van der Waals surface area contributed by atoms with Gasteiger partial charge in [-0.2, -0.15) is 0 Å². The minimum absolute atomic E-state index is 0.186. The van der Waals surface area contributed by atoms with Gasteiger partial charge in [0, 0.05) is 0 Å². The van der Waals surface area contributed by atoms with Crippen molar-refractivity contribution >= 4 is 5.97 Å². The Morgan fingerprint density at radius 1 is 1.39 bits per heavy atom. The molecule has 0 spiro atoms. The zero-order valence-electron chi connectivity index (χ0n) is 10.5. The third-order valence-electron chi connectivity index (χ3n) is 2.42. The van der Waals surface area contributed by atoms with Crippen LogP contribution in [-0.2, 0) is 9.53 Å². The molecule has 0 bridgehead atoms. The van der Waals surface area contributed by atoms with E-state index < -0.39 is 12.1 Å². The van der Waals surface area contributed by atoms with E-state index in [4.69, 9.17) is 4.74 Å². The molecule has 98 valence electrons. The Balaban J connectivity index is 2.96. The van der Waals surface area contributed by atoms with Crippen molar-refractivity contribution in [1.29, 1.82) is 0 Å². The van der Waals surface area contributed by atoms with E-state index in [2.05, 4.69) is 0 Å². The Morgan fingerprint density at radius 2 is 2.00 bits per heavy atom. The summed E-state index contributed by atoms with van der Waals surface area (Å²) in [6.45, 7) is 3.80. The van der Waals surface area contributed by atoms with Gasteiger partial charge < -0.3 is 9.84 Å². The number of allylic oxidation sites excluding steroid dienone is 1. The highest BCUT2D eigenvalue weighted by Gasteiger charge is 2.21. The van der Waals surface area contributed by atoms with Crippen LogP contribution in [0.25, 0.3) is 0 Å². The molecule has 0 amide bonds. The molecule has 1 atom stereocenters. The molecule has 0 aliphatic heterocycles. The highest BCUT2D eigenvalue weighted by atomic mass is 19.1. The van der Waals surface area contributed by atoms with Gasteiger partial charge >= 0.3 is 5.97 Å². The molecule has 0 fully saturated rings. The summed E-state index contributed by atoms with van der Waals surface area (Å²) >= 11 is 0. The summed E-state index contributed by atoms with van der Waals surface area (Å²) < 4.78 is 17.7. The lowest BCUT2D eigenvalue weighted by Gasteiger charge is -2.14. The second-order valence-corrected chi connectivity index (χ2v) is 3.74. The molecule has 3 nitrogen and oxygen atoms in total. The van der Waals surface area contributed by atoms with Crippen LogP contribution in [0.2, 0.25) is 0 Å². The third kappa shape index (κ3) is 3.67. The van der Waals surface area contributed by atoms with Crippen molar-refractivity contribution in [2.45, 2.75) is 26.4 Å². The fourth-order valence-corrected chi connectivity index (χ4v) is 1.57. The second-order valence-electron chi connectivity index (χ2n) is 3.74. The van der Waals surface area contributed by atoms with Crippen molar-refractivity contribution in [3.63, 3.8) is 0 Å². The third-order valence-corrected chi connectivity index (χ3v) is 2.42. The molecular weight excluding hydrogens is 235 g/mol. The number of ether oxygens (including phenoxy) is 1. The smallest absolute Gasteiger partial charge is 0.336 e. The molecule has 1 N–H and O–H groups in total. The molecule has 1 aromatic carbocycles. The number of hydrogen-bond donors (Lipinski definition) is 1. The zero-order valence-corrected chi connectivity index (χ0v) is 10.5. The second kappa shape index (κ2) is 6.91. The zero-order chi connectivity index (χ0) is 13.5. The largest absolute Gasteiger partial charge is 0.463 e. The Morgan fingerprint density at radius 3 is 2.50 bits per heavy atom. The van der Waals surface area contributed by atoms with Crippen molar-refractivity contribution in [2.75, 3.05) is 6.61 Å². The maximum atomic E-state index is 12.8. The van der Waals surface area contributed by atoms with Gasteiger partial charge in [0.15, 0.2) is 0 Å². The molecule has 0 saturated heterocycles. The molecule has 0 aliphatic rings. The molecule has 0 heterocycles. The van der Waals surface area contributed by atoms with Gasteiger partial charge in [0.25, 0.3) is 0 Å². The minimum Gasteiger partial charge on any atom is -0.463 e. The van der Waals surface area contributed by atoms with Gasteiger partial charge in [-0.1, -0.05) is 25.1 Å². The summed E-state index contributed by atoms with van der Waals surface area (Å²) in [7, 11) is 0. The average molecular weight is 252 g/mol. The summed E-state index contributed by atoms with van der Waals surface area (Å²) in [4.78, 5) is 11.7. The fourth-order valence-electron chi connectivity index (χ4n) is 1.57. The van der Waals surface area contributed by atoms with Gasteiger partial charge in [-0.15, -0.1) is 0 Å². The van der Waals surface area contributed by atoms with Crippen LogP contribution in [0.3, 0.4) is 0 Å². The van der Waals surface area contributed by atoms with E-state index in [9.17, 15) is 14.3 Å². The molecule has 4 heteroatoms. The summed E-state index contributed by atoms with van der Waals surface area (Å²) in [5, 5.41) is 10.1. The summed E-state index contributed by atoms with van der Waals surface area (Å²) in [5.74, 6) is -0.931. The lowest BCUT2D eigenvalue weighted by atomic mass is 10.0. The summed E-state index contributed by atoms with van der Waals surface area (Å²) in [6.07, 6.45) is 1.13. The molecule has 0 aromatic heterocycles. The Labute approximate surface area is 106 Å². The van der Waals surface area contributed by atoms with E-state index in [1.807, 2.05) is 6.92 Å². The number of rotatable bonds is 5. The average Bonchev–Trinajstić information content (AvgIpc) is 2.36. The van der Waals surface area contributed by atoms with E-state index in [-0.39, 0.29) is 18.0 Å². The quantitative estimate of drug-likeness (QED) is 0.647. The van der Waals surface area contributed by atoms with Gasteiger partial charge in [-0.25, -0.2) is 9.18 Å². The lowest BCUT2D eigenvalue weighted by molar-refractivity contribution is -0.139. The van der Waals surface area contributed by atoms with E-state index in [1.54, 1.807) is 13.0 Å². The van der Waals surface area contributed by atoms with Crippen molar-refractivity contribution in [3.05, 3.63) is 47.3 Å². The van der Waals surface area contributed by atoms with Crippen molar-refractivity contribution < 1.29 is 19.0 Å². The van der Waals surface area contributed by atoms with Crippen LogP contribution in [0, 0.1) is 5.82 Å². The topological polar surface area (TPSA) is 46.5 Å². The number of halogens is 1. The SMILES string of the molecule is CC/C=C(\C(=O)OCC)[C@@H](O)c1ccc(F)cc1. The maximum absolute atomic E-state index is 12.8. The molecular formula is C14H17FO3. The first-order valence-electron chi connectivity index (χ1n) is 5.90. The Bertz CT molecular complexity index is 423. The standard InChI is InChI=1S/C14H17FO3/c1-3-5-12(14(17)18-4-2)13(16)10-6-8-11(15)9-7-10/h5-9,13,16H,3-4H2,1-2H3/b12-5-/t13-/m0/s1. The number of aliphatic hydroxyl groups is 1. The maximum Gasteiger partial charge on any atom is 0.336 e. The van der Waals surface area contributed by atoms with Crippen LogP contribution in [0.5, 0.6) is 0 Å². The van der Waals surface area contributed by atoms with Crippen LogP contribution in [0.15, 0.2) is 35.9 Å². The summed E-state index contributed by atoms with van der Waals surface area (Å²) in [6, 6.07) is 5.38. The fraction of sp³-hybridized carbons (Fsp3) is 0.357. The van der Waals surface area contributed by atoms with Crippen molar-refractivity contribution in [2.24, 2.45) is 0 Å². The first-order chi connectivity index (χ1) is 8.60. The Hall–Kier alpha value is -1.68. The number of esters is 1. The highest BCUT2D eigenvalue weighted by Crippen LogP contribution is 2.23. The number of hydrogen-bond acceptors (Lipinski definition) is 3. The van der Waals surface area contributed by atoms with Crippen LogP contribution >= 0.6 is 0 Å². The first kappa shape index (κ1) is 14.4. The molecule has 0 aliphatic carbocycles. The molecule has 0 radical (unpaired) electrons. The predicted octanol–water partition coefficient (Wildman–Crippen LogP) is 2.76. The number of aliphatic hydroxyl groups excluding tert-OH is 1. The van der Waals surface area contributed by atoms with Gasteiger partial charge in [0.2, 0.25) is 0 Å². The number of benzene rings is 1. The van der Waals surface area contributed by atoms with Crippen LogP contribution in [0.1, 0.15) is 31.9 Å². The van der Waals surface area contributed by atoms with E-state index in [1.165, 1.54) is 24.3 Å². The molecule has 0 unspecified atom stereocenters. The highest BCUT2D eigenvalue weighted by molar-refractivity contribution is 5.89. The molecule has 0 saturated carbocycles. The number of carbonyl (C=O) groups excluding carboxylic acids is 1. The van der Waals surface area contributed by atoms with Gasteiger partial charge in [0.05, 0.1) is 12.2 Å². The van der Waals surface area contributed by atoms with Crippen LogP contribution in [0.4, 0.5) is 4.39 Å². The van der Waals surface area contributed by atoms with E-state index in [0.717, 1.165) is 0 Å². The first-order valence-corrected chi connectivity index (χ1v) is 5.90. The van der Waals surface area contributed by atoms with Gasteiger partial charge in [-0.3, -0.25) is 0 Å². The van der Waals surface area contributed by atoms with Crippen molar-refractivity contribution in [1.82, 2.24) is 0 Å². The van der Waals surface area contributed by atoms with Gasteiger partial charge in [-0.05, 0) is 31.0 Å².